The lowest BCUT2D eigenvalue weighted by atomic mass is 9.97. The molecule has 1 atom stereocenters. The molecule has 2 heterocycles. The van der Waals surface area contributed by atoms with E-state index in [2.05, 4.69) is 55.2 Å². The van der Waals surface area contributed by atoms with E-state index in [1.54, 1.807) is 11.3 Å². The Kier molecular flexibility index (Phi) is 4.98. The lowest BCUT2D eigenvalue weighted by Crippen LogP contribution is -1.99. The molecule has 27 heavy (non-hydrogen) atoms. The Morgan fingerprint density at radius 3 is 2.52 bits per heavy atom. The first-order chi connectivity index (χ1) is 13.0. The van der Waals surface area contributed by atoms with Crippen LogP contribution in [0.15, 0.2) is 48.5 Å². The van der Waals surface area contributed by atoms with Gasteiger partial charge in [-0.3, -0.25) is 0 Å². The summed E-state index contributed by atoms with van der Waals surface area (Å²) in [6.45, 7) is 6.67. The number of benzene rings is 2. The maximum atomic E-state index is 6.12. The minimum atomic E-state index is 0.206. The van der Waals surface area contributed by atoms with Gasteiger partial charge in [0.25, 0.3) is 0 Å². The Bertz CT molecular complexity index is 1070. The number of hydrogen-bond acceptors (Lipinski definition) is 4. The van der Waals surface area contributed by atoms with Crippen molar-refractivity contribution in [1.82, 2.24) is 19.8 Å². The molecule has 4 aromatic rings. The van der Waals surface area contributed by atoms with E-state index < -0.39 is 0 Å². The van der Waals surface area contributed by atoms with Crippen molar-refractivity contribution in [2.24, 2.45) is 5.92 Å². The van der Waals surface area contributed by atoms with Crippen molar-refractivity contribution >= 4 is 27.9 Å². The van der Waals surface area contributed by atoms with Crippen LogP contribution in [-0.4, -0.2) is 19.8 Å². The van der Waals surface area contributed by atoms with Gasteiger partial charge in [0, 0.05) is 16.5 Å². The summed E-state index contributed by atoms with van der Waals surface area (Å²) in [5.41, 5.74) is 3.55. The highest BCUT2D eigenvalue weighted by Crippen LogP contribution is 2.30. The highest BCUT2D eigenvalue weighted by Gasteiger charge is 2.18. The average molecular weight is 397 g/mol. The van der Waals surface area contributed by atoms with Crippen molar-refractivity contribution in [2.75, 3.05) is 0 Å². The Balaban J connectivity index is 1.64. The van der Waals surface area contributed by atoms with Crippen LogP contribution < -0.4 is 0 Å². The summed E-state index contributed by atoms with van der Waals surface area (Å²) in [6.07, 6.45) is 1.11. The molecule has 0 aliphatic rings. The highest BCUT2D eigenvalue weighted by molar-refractivity contribution is 7.16. The lowest BCUT2D eigenvalue weighted by molar-refractivity contribution is 0.647. The van der Waals surface area contributed by atoms with Crippen molar-refractivity contribution in [3.8, 4) is 11.4 Å². The van der Waals surface area contributed by atoms with Crippen LogP contribution in [-0.2, 0) is 6.42 Å². The van der Waals surface area contributed by atoms with Crippen molar-refractivity contribution in [3.05, 3.63) is 69.7 Å². The van der Waals surface area contributed by atoms with E-state index >= 15 is 0 Å². The minimum absolute atomic E-state index is 0.206. The molecule has 138 valence electrons. The highest BCUT2D eigenvalue weighted by atomic mass is 35.5. The van der Waals surface area contributed by atoms with E-state index in [9.17, 15) is 0 Å². The second-order valence-corrected chi connectivity index (χ2v) is 8.65. The average Bonchev–Trinajstić information content (AvgIpc) is 3.22. The normalized spacial score (nSPS) is 12.8. The van der Waals surface area contributed by atoms with Gasteiger partial charge in [-0.05, 0) is 35.6 Å². The Morgan fingerprint density at radius 1 is 1.04 bits per heavy atom. The van der Waals surface area contributed by atoms with Crippen molar-refractivity contribution in [2.45, 2.75) is 33.1 Å². The molecule has 2 aromatic heterocycles. The van der Waals surface area contributed by atoms with Gasteiger partial charge in [-0.15, -0.1) is 10.2 Å². The fourth-order valence-electron chi connectivity index (χ4n) is 3.17. The standard InChI is InChI=1S/C21H21ClN4S/c1-13(2)11-15-7-9-16(10-8-15)14(3)20-25-26-19(23-24-21(26)27-20)17-5-4-6-18(22)12-17/h4-10,12-14H,11H2,1-3H3. The van der Waals surface area contributed by atoms with Crippen LogP contribution in [0.3, 0.4) is 0 Å². The quantitative estimate of drug-likeness (QED) is 0.424. The van der Waals surface area contributed by atoms with Crippen LogP contribution >= 0.6 is 22.9 Å². The predicted molar refractivity (Wildman–Crippen MR) is 112 cm³/mol. The smallest absolute Gasteiger partial charge is 0.183 e. The Labute approximate surface area is 167 Å². The third-order valence-electron chi connectivity index (χ3n) is 4.58. The molecule has 0 saturated carbocycles. The molecule has 0 aliphatic carbocycles. The number of aromatic nitrogens is 4. The first-order valence-electron chi connectivity index (χ1n) is 9.08. The number of halogens is 1. The fourth-order valence-corrected chi connectivity index (χ4v) is 4.28. The summed E-state index contributed by atoms with van der Waals surface area (Å²) >= 11 is 7.70. The topological polar surface area (TPSA) is 43.1 Å². The SMILES string of the molecule is CC(C)Cc1ccc(C(C)c2nn3c(-c4cccc(Cl)c4)nnc3s2)cc1. The summed E-state index contributed by atoms with van der Waals surface area (Å²) in [7, 11) is 0. The molecule has 0 bridgehead atoms. The van der Waals surface area contributed by atoms with E-state index in [4.69, 9.17) is 16.7 Å². The monoisotopic (exact) mass is 396 g/mol. The molecule has 0 fully saturated rings. The van der Waals surface area contributed by atoms with Crippen LogP contribution in [0.2, 0.25) is 5.02 Å². The lowest BCUT2D eigenvalue weighted by Gasteiger charge is -2.10. The van der Waals surface area contributed by atoms with Gasteiger partial charge in [-0.25, -0.2) is 0 Å². The van der Waals surface area contributed by atoms with Gasteiger partial charge < -0.3 is 0 Å². The molecule has 2 aromatic carbocycles. The van der Waals surface area contributed by atoms with E-state index in [1.807, 2.05) is 28.8 Å². The molecular weight excluding hydrogens is 376 g/mol. The zero-order valence-corrected chi connectivity index (χ0v) is 17.1. The molecule has 0 N–H and O–H groups in total. The minimum Gasteiger partial charge on any atom is -0.183 e. The van der Waals surface area contributed by atoms with Gasteiger partial charge in [0.2, 0.25) is 4.96 Å². The van der Waals surface area contributed by atoms with E-state index in [0.29, 0.717) is 10.9 Å². The molecule has 0 radical (unpaired) electrons. The summed E-state index contributed by atoms with van der Waals surface area (Å²) in [6, 6.07) is 16.5. The van der Waals surface area contributed by atoms with Gasteiger partial charge in [-0.2, -0.15) is 9.61 Å². The zero-order valence-electron chi connectivity index (χ0n) is 15.6. The van der Waals surface area contributed by atoms with Gasteiger partial charge in [0.05, 0.1) is 0 Å². The van der Waals surface area contributed by atoms with Crippen LogP contribution in [0.25, 0.3) is 16.3 Å². The van der Waals surface area contributed by atoms with Gasteiger partial charge >= 0.3 is 0 Å². The zero-order chi connectivity index (χ0) is 19.0. The summed E-state index contributed by atoms with van der Waals surface area (Å²) < 4.78 is 1.81. The van der Waals surface area contributed by atoms with Crippen molar-refractivity contribution in [1.29, 1.82) is 0 Å². The predicted octanol–water partition coefficient (Wildman–Crippen LogP) is 5.86. The van der Waals surface area contributed by atoms with Crippen LogP contribution in [0.1, 0.15) is 42.8 Å². The maximum absolute atomic E-state index is 6.12. The number of hydrogen-bond donors (Lipinski definition) is 0. The Morgan fingerprint density at radius 2 is 1.81 bits per heavy atom. The van der Waals surface area contributed by atoms with Gasteiger partial charge in [0.1, 0.15) is 5.01 Å². The number of nitrogens with zero attached hydrogens (tertiary/aromatic N) is 4. The first kappa shape index (κ1) is 18.1. The first-order valence-corrected chi connectivity index (χ1v) is 10.3. The number of fused-ring (bicyclic) bond motifs is 1. The molecule has 0 amide bonds. The molecule has 0 saturated heterocycles. The van der Waals surface area contributed by atoms with Crippen LogP contribution in [0.5, 0.6) is 0 Å². The molecule has 0 aliphatic heterocycles. The number of rotatable bonds is 5. The van der Waals surface area contributed by atoms with Gasteiger partial charge in [-0.1, -0.05) is 80.1 Å². The van der Waals surface area contributed by atoms with E-state index in [0.717, 1.165) is 27.8 Å². The van der Waals surface area contributed by atoms with Gasteiger partial charge in [0.15, 0.2) is 5.82 Å². The molecule has 4 rings (SSSR count). The van der Waals surface area contributed by atoms with E-state index in [-0.39, 0.29) is 5.92 Å². The van der Waals surface area contributed by atoms with Crippen molar-refractivity contribution < 1.29 is 0 Å². The summed E-state index contributed by atoms with van der Waals surface area (Å²) in [4.78, 5) is 0.795. The van der Waals surface area contributed by atoms with Crippen molar-refractivity contribution in [3.63, 3.8) is 0 Å². The molecular formula is C21H21ClN4S. The fraction of sp³-hybridized carbons (Fsp3) is 0.286. The third-order valence-corrected chi connectivity index (χ3v) is 5.90. The van der Waals surface area contributed by atoms with Crippen LogP contribution in [0, 0.1) is 5.92 Å². The maximum Gasteiger partial charge on any atom is 0.234 e. The molecule has 6 heteroatoms. The third kappa shape index (κ3) is 3.75. The second kappa shape index (κ2) is 7.41. The van der Waals surface area contributed by atoms with E-state index in [1.165, 1.54) is 11.1 Å². The molecule has 4 nitrogen and oxygen atoms in total. The molecule has 0 spiro atoms. The molecule has 1 unspecified atom stereocenters. The summed E-state index contributed by atoms with van der Waals surface area (Å²) in [5.74, 6) is 1.59. The largest absolute Gasteiger partial charge is 0.234 e. The second-order valence-electron chi connectivity index (χ2n) is 7.23. The van der Waals surface area contributed by atoms with Crippen LogP contribution in [0.4, 0.5) is 0 Å². The summed E-state index contributed by atoms with van der Waals surface area (Å²) in [5, 5.41) is 15.1. The Hall–Kier alpha value is -2.24.